The fourth-order valence-corrected chi connectivity index (χ4v) is 4.71. The highest BCUT2D eigenvalue weighted by Gasteiger charge is 2.26. The quantitative estimate of drug-likeness (QED) is 0.336. The summed E-state index contributed by atoms with van der Waals surface area (Å²) in [6, 6.07) is 11.9. The van der Waals surface area contributed by atoms with Crippen molar-refractivity contribution in [3.05, 3.63) is 76.1 Å². The van der Waals surface area contributed by atoms with E-state index in [1.807, 2.05) is 6.92 Å². The zero-order valence-electron chi connectivity index (χ0n) is 18.1. The van der Waals surface area contributed by atoms with Crippen molar-refractivity contribution >= 4 is 15.5 Å². The molecule has 32 heavy (non-hydrogen) atoms. The topological polar surface area (TPSA) is 114 Å². The molecule has 0 aliphatic heterocycles. The summed E-state index contributed by atoms with van der Waals surface area (Å²) in [7, 11) is -1.85. The lowest BCUT2D eigenvalue weighted by Crippen LogP contribution is -2.17. The van der Waals surface area contributed by atoms with E-state index >= 15 is 0 Å². The van der Waals surface area contributed by atoms with Crippen molar-refractivity contribution in [2.45, 2.75) is 19.3 Å². The maximum absolute atomic E-state index is 12.2. The molecule has 0 spiro atoms. The minimum atomic E-state index is -3.38. The van der Waals surface area contributed by atoms with Crippen LogP contribution in [0.3, 0.4) is 0 Å². The molecule has 1 atom stereocenters. The van der Waals surface area contributed by atoms with Gasteiger partial charge >= 0.3 is 0 Å². The lowest BCUT2D eigenvalue weighted by molar-refractivity contribution is -0.385. The summed E-state index contributed by atoms with van der Waals surface area (Å²) in [5, 5.41) is 16.1. The van der Waals surface area contributed by atoms with E-state index in [0.717, 1.165) is 6.26 Å². The Morgan fingerprint density at radius 1 is 1.19 bits per heavy atom. The van der Waals surface area contributed by atoms with Gasteiger partial charge in [0, 0.05) is 30.1 Å². The standard InChI is InChI=1S/C22H25N3O6S/c1-4-31-21-14-16(9-10-20(21)30-2)18(15-32(3,28)29)13-17-7-5-8-19(22(17)25(26)27)24-12-6-11-23-24/h5-12,14,18H,4,13,15H2,1-3H3/t18-/m1/s1. The number of para-hydroxylation sites is 1. The van der Waals surface area contributed by atoms with Gasteiger partial charge in [0.25, 0.3) is 5.69 Å². The Morgan fingerprint density at radius 3 is 2.56 bits per heavy atom. The second kappa shape index (κ2) is 9.82. The van der Waals surface area contributed by atoms with Crippen LogP contribution in [0.4, 0.5) is 5.69 Å². The lowest BCUT2D eigenvalue weighted by Gasteiger charge is -2.19. The summed E-state index contributed by atoms with van der Waals surface area (Å²) >= 11 is 0. The molecule has 170 valence electrons. The number of ether oxygens (including phenoxy) is 2. The van der Waals surface area contributed by atoms with Crippen LogP contribution < -0.4 is 9.47 Å². The lowest BCUT2D eigenvalue weighted by atomic mass is 9.92. The van der Waals surface area contributed by atoms with Gasteiger partial charge in [-0.25, -0.2) is 13.1 Å². The molecule has 0 saturated heterocycles. The van der Waals surface area contributed by atoms with Crippen LogP contribution in [0, 0.1) is 10.1 Å². The summed E-state index contributed by atoms with van der Waals surface area (Å²) in [5.41, 5.74) is 1.33. The Labute approximate surface area is 186 Å². The van der Waals surface area contributed by atoms with Crippen LogP contribution in [0.25, 0.3) is 5.69 Å². The average Bonchev–Trinajstić information content (AvgIpc) is 3.27. The average molecular weight is 460 g/mol. The molecule has 0 saturated carbocycles. The number of nitro benzene ring substituents is 1. The van der Waals surface area contributed by atoms with Gasteiger partial charge in [0.05, 0.1) is 24.4 Å². The molecule has 1 aromatic heterocycles. The van der Waals surface area contributed by atoms with Crippen molar-refractivity contribution in [2.75, 3.05) is 25.7 Å². The first-order chi connectivity index (χ1) is 15.2. The van der Waals surface area contributed by atoms with E-state index in [-0.39, 0.29) is 17.9 Å². The van der Waals surface area contributed by atoms with Crippen LogP contribution in [0.5, 0.6) is 11.5 Å². The summed E-state index contributed by atoms with van der Waals surface area (Å²) in [6.45, 7) is 2.25. The van der Waals surface area contributed by atoms with Gasteiger partial charge in [-0.15, -0.1) is 0 Å². The monoisotopic (exact) mass is 459 g/mol. The van der Waals surface area contributed by atoms with Crippen molar-refractivity contribution in [1.82, 2.24) is 9.78 Å². The summed E-state index contributed by atoms with van der Waals surface area (Å²) in [4.78, 5) is 11.5. The normalized spacial score (nSPS) is 12.3. The van der Waals surface area contributed by atoms with Crippen LogP contribution in [-0.4, -0.2) is 48.8 Å². The maximum Gasteiger partial charge on any atom is 0.298 e. The van der Waals surface area contributed by atoms with Crippen molar-refractivity contribution in [3.63, 3.8) is 0 Å². The highest BCUT2D eigenvalue weighted by atomic mass is 32.2. The molecule has 10 heteroatoms. The molecular weight excluding hydrogens is 434 g/mol. The number of nitro groups is 1. The van der Waals surface area contributed by atoms with Crippen LogP contribution in [-0.2, 0) is 16.3 Å². The minimum Gasteiger partial charge on any atom is -0.493 e. The molecule has 0 aliphatic rings. The van der Waals surface area contributed by atoms with Crippen LogP contribution in [0.1, 0.15) is 24.0 Å². The molecule has 9 nitrogen and oxygen atoms in total. The first-order valence-electron chi connectivity index (χ1n) is 9.98. The zero-order valence-corrected chi connectivity index (χ0v) is 18.9. The largest absolute Gasteiger partial charge is 0.493 e. The number of hydrogen-bond donors (Lipinski definition) is 0. The number of rotatable bonds is 10. The predicted octanol–water partition coefficient (Wildman–Crippen LogP) is 3.56. The number of hydrogen-bond acceptors (Lipinski definition) is 7. The van der Waals surface area contributed by atoms with Gasteiger partial charge in [0.2, 0.25) is 0 Å². The van der Waals surface area contributed by atoms with E-state index in [9.17, 15) is 18.5 Å². The van der Waals surface area contributed by atoms with Gasteiger partial charge in [-0.2, -0.15) is 5.10 Å². The Bertz CT molecular complexity index is 1190. The SMILES string of the molecule is CCOc1cc([C@H](Cc2cccc(-n3cccn3)c2[N+](=O)[O-])CS(C)(=O)=O)ccc1OC. The predicted molar refractivity (Wildman–Crippen MR) is 121 cm³/mol. The Balaban J connectivity index is 2.09. The highest BCUT2D eigenvalue weighted by Crippen LogP contribution is 2.35. The second-order valence-electron chi connectivity index (χ2n) is 7.33. The summed E-state index contributed by atoms with van der Waals surface area (Å²) in [5.74, 6) is 0.321. The fourth-order valence-electron chi connectivity index (χ4n) is 3.67. The van der Waals surface area contributed by atoms with E-state index in [1.165, 1.54) is 18.0 Å². The van der Waals surface area contributed by atoms with Crippen LogP contribution >= 0.6 is 0 Å². The molecule has 0 aliphatic carbocycles. The van der Waals surface area contributed by atoms with Gasteiger partial charge in [-0.1, -0.05) is 18.2 Å². The van der Waals surface area contributed by atoms with Gasteiger partial charge < -0.3 is 9.47 Å². The zero-order chi connectivity index (χ0) is 23.3. The molecule has 3 aromatic rings. The van der Waals surface area contributed by atoms with E-state index in [2.05, 4.69) is 5.10 Å². The number of nitrogens with zero attached hydrogens (tertiary/aromatic N) is 3. The molecule has 0 unspecified atom stereocenters. The third-order valence-corrected chi connectivity index (χ3v) is 5.97. The molecule has 0 fully saturated rings. The first-order valence-corrected chi connectivity index (χ1v) is 12.0. The molecule has 0 amide bonds. The van der Waals surface area contributed by atoms with Gasteiger partial charge in [0.1, 0.15) is 15.5 Å². The van der Waals surface area contributed by atoms with Crippen molar-refractivity contribution in [2.24, 2.45) is 0 Å². The maximum atomic E-state index is 12.2. The van der Waals surface area contributed by atoms with Gasteiger partial charge in [-0.05, 0) is 43.2 Å². The minimum absolute atomic E-state index is 0.103. The van der Waals surface area contributed by atoms with E-state index in [0.29, 0.717) is 34.9 Å². The number of sulfone groups is 1. The van der Waals surface area contributed by atoms with Gasteiger partial charge in [-0.3, -0.25) is 10.1 Å². The highest BCUT2D eigenvalue weighted by molar-refractivity contribution is 7.90. The molecule has 0 N–H and O–H groups in total. The smallest absolute Gasteiger partial charge is 0.298 e. The molecule has 0 bridgehead atoms. The van der Waals surface area contributed by atoms with Crippen LogP contribution in [0.2, 0.25) is 0 Å². The third kappa shape index (κ3) is 5.44. The molecule has 3 rings (SSSR count). The Hall–Kier alpha value is -3.40. The van der Waals surface area contributed by atoms with E-state index in [4.69, 9.17) is 9.47 Å². The number of methoxy groups -OCH3 is 1. The fraction of sp³-hybridized carbons (Fsp3) is 0.318. The number of benzene rings is 2. The van der Waals surface area contributed by atoms with E-state index in [1.54, 1.807) is 48.7 Å². The molecular formula is C22H25N3O6S. The molecule has 1 heterocycles. The number of aromatic nitrogens is 2. The molecule has 0 radical (unpaired) electrons. The van der Waals surface area contributed by atoms with E-state index < -0.39 is 20.7 Å². The Kier molecular flexibility index (Phi) is 7.14. The Morgan fingerprint density at radius 2 is 1.97 bits per heavy atom. The van der Waals surface area contributed by atoms with Gasteiger partial charge in [0.15, 0.2) is 11.5 Å². The van der Waals surface area contributed by atoms with Crippen molar-refractivity contribution < 1.29 is 22.8 Å². The second-order valence-corrected chi connectivity index (χ2v) is 9.51. The molecule has 2 aromatic carbocycles. The third-order valence-electron chi connectivity index (χ3n) is 4.96. The van der Waals surface area contributed by atoms with Crippen molar-refractivity contribution in [1.29, 1.82) is 0 Å². The summed E-state index contributed by atoms with van der Waals surface area (Å²) < 4.78 is 36.8. The van der Waals surface area contributed by atoms with Crippen molar-refractivity contribution in [3.8, 4) is 17.2 Å². The first kappa shape index (κ1) is 23.3. The van der Waals surface area contributed by atoms with Crippen LogP contribution in [0.15, 0.2) is 54.9 Å². The summed E-state index contributed by atoms with van der Waals surface area (Å²) in [6.07, 6.45) is 4.46.